The van der Waals surface area contributed by atoms with Crippen molar-refractivity contribution in [3.05, 3.63) is 101 Å². The second-order valence-corrected chi connectivity index (χ2v) is 11.0. The molecule has 1 amide bonds. The third-order valence-electron chi connectivity index (χ3n) is 6.30. The maximum atomic E-state index is 13.1. The molecule has 1 aromatic heterocycles. The Kier molecular flexibility index (Phi) is 7.46. The van der Waals surface area contributed by atoms with Gasteiger partial charge in [-0.1, -0.05) is 31.2 Å². The van der Waals surface area contributed by atoms with Gasteiger partial charge >= 0.3 is 6.18 Å². The molecule has 0 radical (unpaired) electrons. The van der Waals surface area contributed by atoms with Crippen LogP contribution in [0.4, 0.5) is 13.2 Å². The molecular weight excluding hydrogens is 517 g/mol. The van der Waals surface area contributed by atoms with Crippen LogP contribution in [0.1, 0.15) is 51.4 Å². The van der Waals surface area contributed by atoms with Crippen molar-refractivity contribution in [2.45, 2.75) is 38.0 Å². The minimum Gasteiger partial charge on any atom is -0.348 e. The van der Waals surface area contributed by atoms with Crippen molar-refractivity contribution in [3.63, 3.8) is 0 Å². The Bertz CT molecular complexity index is 1610. The molecule has 1 N–H and O–H groups in total. The number of carbonyl (C=O) groups excluding carboxylic acids is 2. The first-order valence-electron chi connectivity index (χ1n) is 11.9. The number of hydrogen-bond donors (Lipinski definition) is 1. The summed E-state index contributed by atoms with van der Waals surface area (Å²) in [6.45, 7) is 4.06. The lowest BCUT2D eigenvalue weighted by molar-refractivity contribution is -0.137. The second-order valence-electron chi connectivity index (χ2n) is 8.68. The molecule has 198 valence electrons. The van der Waals surface area contributed by atoms with Gasteiger partial charge in [0.1, 0.15) is 0 Å². The number of benzene rings is 3. The highest BCUT2D eigenvalue weighted by molar-refractivity contribution is 7.91. The van der Waals surface area contributed by atoms with Gasteiger partial charge in [0, 0.05) is 35.1 Å². The summed E-state index contributed by atoms with van der Waals surface area (Å²) >= 11 is 0. The lowest BCUT2D eigenvalue weighted by atomic mass is 10.1. The number of halogens is 3. The number of ketones is 1. The topological polar surface area (TPSA) is 85.2 Å². The second kappa shape index (κ2) is 10.4. The van der Waals surface area contributed by atoms with Crippen molar-refractivity contribution in [3.8, 4) is 0 Å². The molecule has 10 heteroatoms. The molecule has 6 nitrogen and oxygen atoms in total. The van der Waals surface area contributed by atoms with Crippen molar-refractivity contribution >= 4 is 32.4 Å². The maximum Gasteiger partial charge on any atom is 0.416 e. The Labute approximate surface area is 218 Å². The number of nitrogens with one attached hydrogen (secondary N) is 1. The lowest BCUT2D eigenvalue weighted by Crippen LogP contribution is -2.22. The van der Waals surface area contributed by atoms with Gasteiger partial charge in [-0.3, -0.25) is 9.59 Å². The summed E-state index contributed by atoms with van der Waals surface area (Å²) in [5, 5.41) is 3.44. The molecule has 0 aliphatic heterocycles. The van der Waals surface area contributed by atoms with Gasteiger partial charge in [0.15, 0.2) is 9.84 Å². The molecule has 4 aromatic rings. The van der Waals surface area contributed by atoms with Crippen LogP contribution in [-0.2, 0) is 29.1 Å². The fourth-order valence-electron chi connectivity index (χ4n) is 4.17. The van der Waals surface area contributed by atoms with Crippen molar-refractivity contribution in [2.75, 3.05) is 5.75 Å². The number of aryl methyl sites for hydroxylation is 1. The smallest absolute Gasteiger partial charge is 0.348 e. The van der Waals surface area contributed by atoms with Crippen molar-refractivity contribution in [2.24, 2.45) is 0 Å². The summed E-state index contributed by atoms with van der Waals surface area (Å²) in [6, 6.07) is 17.0. The van der Waals surface area contributed by atoms with E-state index in [1.807, 2.05) is 6.92 Å². The molecule has 0 aliphatic rings. The number of nitrogens with zero attached hydrogens (tertiary/aromatic N) is 1. The molecule has 0 bridgehead atoms. The molecule has 0 saturated carbocycles. The van der Waals surface area contributed by atoms with Gasteiger partial charge in [-0.15, -0.1) is 0 Å². The fraction of sp³-hybridized carbons (Fsp3) is 0.214. The van der Waals surface area contributed by atoms with E-state index in [2.05, 4.69) is 5.32 Å². The monoisotopic (exact) mass is 542 g/mol. The zero-order valence-electron chi connectivity index (χ0n) is 20.7. The molecule has 0 atom stereocenters. The van der Waals surface area contributed by atoms with Gasteiger partial charge in [-0.05, 0) is 61.0 Å². The van der Waals surface area contributed by atoms with Crippen LogP contribution in [-0.4, -0.2) is 30.4 Å². The minimum atomic E-state index is -4.49. The number of hydrogen-bond acceptors (Lipinski definition) is 4. The molecule has 0 aliphatic carbocycles. The van der Waals surface area contributed by atoms with Crippen molar-refractivity contribution < 1.29 is 31.2 Å². The van der Waals surface area contributed by atoms with Crippen LogP contribution in [0.5, 0.6) is 0 Å². The number of carbonyl (C=O) groups is 2. The van der Waals surface area contributed by atoms with Gasteiger partial charge in [0.05, 0.1) is 21.9 Å². The minimum absolute atomic E-state index is 0.00294. The van der Waals surface area contributed by atoms with Gasteiger partial charge in [-0.25, -0.2) is 8.42 Å². The fourth-order valence-corrected chi connectivity index (χ4v) is 5.05. The first kappa shape index (κ1) is 27.1. The molecule has 0 spiro atoms. The Morgan fingerprint density at radius 3 is 2.08 bits per heavy atom. The van der Waals surface area contributed by atoms with E-state index in [1.165, 1.54) is 12.1 Å². The zero-order chi connectivity index (χ0) is 27.7. The molecule has 4 rings (SSSR count). The lowest BCUT2D eigenvalue weighted by Gasteiger charge is -2.10. The molecule has 3 aromatic carbocycles. The van der Waals surface area contributed by atoms with Crippen LogP contribution in [0.15, 0.2) is 77.7 Å². The predicted octanol–water partition coefficient (Wildman–Crippen LogP) is 5.63. The van der Waals surface area contributed by atoms with E-state index in [1.54, 1.807) is 47.9 Å². The van der Waals surface area contributed by atoms with Gasteiger partial charge < -0.3 is 9.88 Å². The van der Waals surface area contributed by atoms with E-state index in [9.17, 15) is 31.2 Å². The van der Waals surface area contributed by atoms with E-state index >= 15 is 0 Å². The quantitative estimate of drug-likeness (QED) is 0.292. The molecule has 0 unspecified atom stereocenters. The highest BCUT2D eigenvalue weighted by Gasteiger charge is 2.30. The number of fused-ring (bicyclic) bond motifs is 1. The number of sulfone groups is 1. The van der Waals surface area contributed by atoms with Crippen LogP contribution >= 0.6 is 0 Å². The molecule has 0 fully saturated rings. The SMILES string of the molecule is CCn1c(C(=O)c2ccc(C(F)(F)F)cc2)cc2cc(C(=O)NCc3ccc(S(=O)(=O)CC)cc3)ccc21. The third-order valence-corrected chi connectivity index (χ3v) is 8.05. The first-order valence-corrected chi connectivity index (χ1v) is 13.5. The summed E-state index contributed by atoms with van der Waals surface area (Å²) in [5.74, 6) is -0.767. The van der Waals surface area contributed by atoms with E-state index < -0.39 is 27.4 Å². The van der Waals surface area contributed by atoms with Crippen molar-refractivity contribution in [1.82, 2.24) is 9.88 Å². The van der Waals surface area contributed by atoms with Crippen LogP contribution in [0, 0.1) is 0 Å². The average Bonchev–Trinajstić information content (AvgIpc) is 3.29. The van der Waals surface area contributed by atoms with Gasteiger partial charge in [-0.2, -0.15) is 13.2 Å². The van der Waals surface area contributed by atoms with E-state index in [0.717, 1.165) is 29.8 Å². The standard InChI is InChI=1S/C28H25F3N2O4S/c1-3-33-24-14-9-20(27(35)32-17-18-5-12-23(13-6-18)38(36,37)4-2)15-21(24)16-25(33)26(34)19-7-10-22(11-8-19)28(29,30)31/h5-16H,3-4,17H2,1-2H3,(H,32,35). The van der Waals surface area contributed by atoms with Crippen LogP contribution in [0.2, 0.25) is 0 Å². The first-order chi connectivity index (χ1) is 17.9. The van der Waals surface area contributed by atoms with E-state index in [4.69, 9.17) is 0 Å². The van der Waals surface area contributed by atoms with E-state index in [-0.39, 0.29) is 28.7 Å². The Morgan fingerprint density at radius 2 is 1.50 bits per heavy atom. The molecule has 0 saturated heterocycles. The average molecular weight is 543 g/mol. The summed E-state index contributed by atoms with van der Waals surface area (Å²) in [4.78, 5) is 26.1. The molecular formula is C28H25F3N2O4S. The summed E-state index contributed by atoms with van der Waals surface area (Å²) < 4.78 is 64.3. The summed E-state index contributed by atoms with van der Waals surface area (Å²) in [7, 11) is -3.30. The summed E-state index contributed by atoms with van der Waals surface area (Å²) in [6.07, 6.45) is -4.49. The largest absolute Gasteiger partial charge is 0.416 e. The number of alkyl halides is 3. The van der Waals surface area contributed by atoms with Crippen molar-refractivity contribution in [1.29, 1.82) is 0 Å². The maximum absolute atomic E-state index is 13.1. The van der Waals surface area contributed by atoms with Crippen LogP contribution in [0.25, 0.3) is 10.9 Å². The number of amides is 1. The van der Waals surface area contributed by atoms with Crippen LogP contribution < -0.4 is 5.32 Å². The highest BCUT2D eigenvalue weighted by Crippen LogP contribution is 2.30. The predicted molar refractivity (Wildman–Crippen MR) is 138 cm³/mol. The van der Waals surface area contributed by atoms with E-state index in [0.29, 0.717) is 28.7 Å². The molecule has 1 heterocycles. The van der Waals surface area contributed by atoms with Crippen LogP contribution in [0.3, 0.4) is 0 Å². The number of rotatable bonds is 8. The molecule has 38 heavy (non-hydrogen) atoms. The zero-order valence-corrected chi connectivity index (χ0v) is 21.5. The highest BCUT2D eigenvalue weighted by atomic mass is 32.2. The van der Waals surface area contributed by atoms with Gasteiger partial charge in [0.25, 0.3) is 5.91 Å². The van der Waals surface area contributed by atoms with Gasteiger partial charge in [0.2, 0.25) is 5.78 Å². The summed E-state index contributed by atoms with van der Waals surface area (Å²) in [5.41, 5.74) is 1.42. The normalized spacial score (nSPS) is 12.0. The Hall–Kier alpha value is -3.92. The number of aromatic nitrogens is 1. The third kappa shape index (κ3) is 5.50. The Morgan fingerprint density at radius 1 is 0.868 bits per heavy atom. The Balaban J connectivity index is 1.53.